The summed E-state index contributed by atoms with van der Waals surface area (Å²) in [7, 11) is 0. The second-order valence-electron chi connectivity index (χ2n) is 7.22. The molecule has 0 aliphatic heterocycles. The van der Waals surface area contributed by atoms with Crippen LogP contribution in [0.2, 0.25) is 5.02 Å². The van der Waals surface area contributed by atoms with Crippen molar-refractivity contribution in [1.82, 2.24) is 4.98 Å². The lowest BCUT2D eigenvalue weighted by Gasteiger charge is -2.12. The lowest BCUT2D eigenvalue weighted by Crippen LogP contribution is -2.20. The SMILES string of the molecule is Cc1ccc2oc(-c3ccc(Cl)c(NC(=O)COc4cccc(C)c4C)c3)nc2c1. The number of hydrogen-bond donors (Lipinski definition) is 1. The van der Waals surface area contributed by atoms with E-state index in [1.807, 2.05) is 63.2 Å². The maximum absolute atomic E-state index is 12.4. The predicted octanol–water partition coefficient (Wildman–Crippen LogP) is 6.09. The van der Waals surface area contributed by atoms with Crippen molar-refractivity contribution in [3.05, 3.63) is 76.3 Å². The van der Waals surface area contributed by atoms with Gasteiger partial charge in [-0.1, -0.05) is 29.8 Å². The molecule has 0 spiro atoms. The highest BCUT2D eigenvalue weighted by atomic mass is 35.5. The summed E-state index contributed by atoms with van der Waals surface area (Å²) < 4.78 is 11.5. The molecule has 30 heavy (non-hydrogen) atoms. The number of nitrogens with zero attached hydrogens (tertiary/aromatic N) is 1. The average molecular weight is 421 g/mol. The van der Waals surface area contributed by atoms with Crippen LogP contribution in [-0.4, -0.2) is 17.5 Å². The van der Waals surface area contributed by atoms with Crippen LogP contribution in [0.5, 0.6) is 5.75 Å². The van der Waals surface area contributed by atoms with E-state index >= 15 is 0 Å². The molecule has 1 amide bonds. The van der Waals surface area contributed by atoms with Crippen LogP contribution in [0.25, 0.3) is 22.6 Å². The van der Waals surface area contributed by atoms with Crippen LogP contribution in [0.15, 0.2) is 59.0 Å². The Bertz CT molecular complexity index is 1250. The van der Waals surface area contributed by atoms with E-state index in [1.165, 1.54) is 0 Å². The highest BCUT2D eigenvalue weighted by Gasteiger charge is 2.13. The molecule has 0 aliphatic rings. The minimum Gasteiger partial charge on any atom is -0.483 e. The first-order valence-corrected chi connectivity index (χ1v) is 9.94. The lowest BCUT2D eigenvalue weighted by atomic mass is 10.1. The number of carbonyl (C=O) groups excluding carboxylic acids is 1. The molecule has 0 atom stereocenters. The molecular formula is C24H21ClN2O3. The van der Waals surface area contributed by atoms with E-state index in [2.05, 4.69) is 10.3 Å². The monoisotopic (exact) mass is 420 g/mol. The number of halogens is 1. The summed E-state index contributed by atoms with van der Waals surface area (Å²) in [4.78, 5) is 17.0. The standard InChI is InChI=1S/C24H21ClN2O3/c1-14-7-10-22-20(11-14)27-24(30-22)17-8-9-18(25)19(12-17)26-23(28)13-29-21-6-4-5-15(2)16(21)3/h4-12H,13H2,1-3H3,(H,26,28). The summed E-state index contributed by atoms with van der Waals surface area (Å²) in [5.41, 5.74) is 5.91. The third-order valence-electron chi connectivity index (χ3n) is 4.94. The number of amides is 1. The van der Waals surface area contributed by atoms with Crippen molar-refractivity contribution >= 4 is 34.3 Å². The summed E-state index contributed by atoms with van der Waals surface area (Å²) in [5.74, 6) is 0.851. The minimum atomic E-state index is -0.303. The Balaban J connectivity index is 1.51. The first-order valence-electron chi connectivity index (χ1n) is 9.57. The van der Waals surface area contributed by atoms with Crippen LogP contribution in [0, 0.1) is 20.8 Å². The third kappa shape index (κ3) is 4.16. The molecule has 3 aromatic carbocycles. The predicted molar refractivity (Wildman–Crippen MR) is 119 cm³/mol. The fourth-order valence-corrected chi connectivity index (χ4v) is 3.29. The van der Waals surface area contributed by atoms with Gasteiger partial charge in [0, 0.05) is 5.56 Å². The van der Waals surface area contributed by atoms with Crippen LogP contribution < -0.4 is 10.1 Å². The highest BCUT2D eigenvalue weighted by Crippen LogP contribution is 2.31. The maximum Gasteiger partial charge on any atom is 0.262 e. The Morgan fingerprint density at radius 2 is 1.93 bits per heavy atom. The normalized spacial score (nSPS) is 10.9. The number of aromatic nitrogens is 1. The number of carbonyl (C=O) groups is 1. The molecule has 4 aromatic rings. The maximum atomic E-state index is 12.4. The molecule has 1 heterocycles. The van der Waals surface area contributed by atoms with Gasteiger partial charge in [-0.2, -0.15) is 0 Å². The van der Waals surface area contributed by atoms with Crippen molar-refractivity contribution < 1.29 is 13.9 Å². The van der Waals surface area contributed by atoms with Gasteiger partial charge in [0.1, 0.15) is 11.3 Å². The molecule has 6 heteroatoms. The van der Waals surface area contributed by atoms with Crippen LogP contribution in [0.1, 0.15) is 16.7 Å². The number of aryl methyl sites for hydroxylation is 2. The van der Waals surface area contributed by atoms with Crippen molar-refractivity contribution in [2.75, 3.05) is 11.9 Å². The number of nitrogens with one attached hydrogen (secondary N) is 1. The first kappa shape index (κ1) is 20.0. The molecule has 4 rings (SSSR count). The van der Waals surface area contributed by atoms with Gasteiger partial charge in [0.15, 0.2) is 12.2 Å². The van der Waals surface area contributed by atoms with Crippen molar-refractivity contribution in [1.29, 1.82) is 0 Å². The van der Waals surface area contributed by atoms with E-state index < -0.39 is 0 Å². The lowest BCUT2D eigenvalue weighted by molar-refractivity contribution is -0.118. The minimum absolute atomic E-state index is 0.118. The smallest absolute Gasteiger partial charge is 0.262 e. The van der Waals surface area contributed by atoms with Crippen molar-refractivity contribution in [2.45, 2.75) is 20.8 Å². The number of benzene rings is 3. The van der Waals surface area contributed by atoms with Crippen molar-refractivity contribution in [2.24, 2.45) is 0 Å². The Kier molecular flexibility index (Phi) is 5.46. The fraction of sp³-hybridized carbons (Fsp3) is 0.167. The van der Waals surface area contributed by atoms with Gasteiger partial charge in [-0.15, -0.1) is 0 Å². The molecule has 0 saturated carbocycles. The Labute approximate surface area is 179 Å². The molecule has 0 bridgehead atoms. The molecule has 0 unspecified atom stereocenters. The number of oxazole rings is 1. The van der Waals surface area contributed by atoms with E-state index in [0.717, 1.165) is 27.8 Å². The zero-order chi connectivity index (χ0) is 21.3. The van der Waals surface area contributed by atoms with E-state index in [9.17, 15) is 4.79 Å². The average Bonchev–Trinajstić information content (AvgIpc) is 3.14. The van der Waals surface area contributed by atoms with Crippen LogP contribution in [0.3, 0.4) is 0 Å². The number of ether oxygens (including phenoxy) is 1. The number of rotatable bonds is 5. The molecule has 0 radical (unpaired) electrons. The molecule has 1 aromatic heterocycles. The summed E-state index contributed by atoms with van der Waals surface area (Å²) >= 11 is 6.28. The van der Waals surface area contributed by atoms with E-state index in [1.54, 1.807) is 12.1 Å². The summed E-state index contributed by atoms with van der Waals surface area (Å²) in [6, 6.07) is 16.8. The second-order valence-corrected chi connectivity index (χ2v) is 7.63. The van der Waals surface area contributed by atoms with Crippen molar-refractivity contribution in [3.63, 3.8) is 0 Å². The topological polar surface area (TPSA) is 64.4 Å². The van der Waals surface area contributed by atoms with E-state index in [-0.39, 0.29) is 12.5 Å². The van der Waals surface area contributed by atoms with E-state index in [0.29, 0.717) is 27.9 Å². The first-order chi connectivity index (χ1) is 14.4. The molecule has 1 N–H and O–H groups in total. The molecule has 0 aliphatic carbocycles. The zero-order valence-corrected chi connectivity index (χ0v) is 17.7. The second kappa shape index (κ2) is 8.20. The molecular weight excluding hydrogens is 400 g/mol. The number of hydrogen-bond acceptors (Lipinski definition) is 4. The molecule has 152 valence electrons. The van der Waals surface area contributed by atoms with Gasteiger partial charge in [-0.25, -0.2) is 4.98 Å². The molecule has 5 nitrogen and oxygen atoms in total. The Morgan fingerprint density at radius 1 is 1.10 bits per heavy atom. The molecule has 0 fully saturated rings. The highest BCUT2D eigenvalue weighted by molar-refractivity contribution is 6.33. The summed E-state index contributed by atoms with van der Waals surface area (Å²) in [6.07, 6.45) is 0. The number of anilines is 1. The quantitative estimate of drug-likeness (QED) is 0.424. The van der Waals surface area contributed by atoms with Gasteiger partial charge in [-0.05, 0) is 73.9 Å². The Hall–Kier alpha value is -3.31. The van der Waals surface area contributed by atoms with Gasteiger partial charge in [0.05, 0.1) is 10.7 Å². The molecule has 0 saturated heterocycles. The van der Waals surface area contributed by atoms with Crippen LogP contribution >= 0.6 is 11.6 Å². The summed E-state index contributed by atoms with van der Waals surface area (Å²) in [5, 5.41) is 3.22. The van der Waals surface area contributed by atoms with Gasteiger partial charge in [0.2, 0.25) is 5.89 Å². The number of fused-ring (bicyclic) bond motifs is 1. The Morgan fingerprint density at radius 3 is 2.77 bits per heavy atom. The van der Waals surface area contributed by atoms with Crippen molar-refractivity contribution in [3.8, 4) is 17.2 Å². The summed E-state index contributed by atoms with van der Waals surface area (Å²) in [6.45, 7) is 5.85. The third-order valence-corrected chi connectivity index (χ3v) is 5.27. The van der Waals surface area contributed by atoms with Gasteiger partial charge >= 0.3 is 0 Å². The largest absolute Gasteiger partial charge is 0.483 e. The van der Waals surface area contributed by atoms with Crippen LogP contribution in [0.4, 0.5) is 5.69 Å². The van der Waals surface area contributed by atoms with Crippen LogP contribution in [-0.2, 0) is 4.79 Å². The zero-order valence-electron chi connectivity index (χ0n) is 17.0. The van der Waals surface area contributed by atoms with Gasteiger partial charge in [0.25, 0.3) is 5.91 Å². The fourth-order valence-electron chi connectivity index (χ4n) is 3.13. The van der Waals surface area contributed by atoms with Gasteiger partial charge < -0.3 is 14.5 Å². The van der Waals surface area contributed by atoms with E-state index in [4.69, 9.17) is 20.8 Å². The van der Waals surface area contributed by atoms with Gasteiger partial charge in [-0.3, -0.25) is 4.79 Å².